The first kappa shape index (κ1) is 16.0. The van der Waals surface area contributed by atoms with Crippen LogP contribution in [-0.2, 0) is 0 Å². The molecule has 1 aliphatic heterocycles. The van der Waals surface area contributed by atoms with Gasteiger partial charge in [-0.3, -0.25) is 0 Å². The van der Waals surface area contributed by atoms with E-state index >= 15 is 0 Å². The van der Waals surface area contributed by atoms with E-state index in [4.69, 9.17) is 0 Å². The van der Waals surface area contributed by atoms with Crippen molar-refractivity contribution in [1.82, 2.24) is 5.32 Å². The van der Waals surface area contributed by atoms with Gasteiger partial charge in [-0.2, -0.15) is 0 Å². The highest BCUT2D eigenvalue weighted by Gasteiger charge is 2.35. The predicted molar refractivity (Wildman–Crippen MR) is 74.9 cm³/mol. The van der Waals surface area contributed by atoms with Crippen LogP contribution in [0.4, 0.5) is 0 Å². The van der Waals surface area contributed by atoms with E-state index < -0.39 is 0 Å². The molecule has 98 valence electrons. The van der Waals surface area contributed by atoms with Gasteiger partial charge in [-0.1, -0.05) is 53.9 Å². The summed E-state index contributed by atoms with van der Waals surface area (Å²) >= 11 is 0. The summed E-state index contributed by atoms with van der Waals surface area (Å²) in [6.07, 6.45) is 8.85. The van der Waals surface area contributed by atoms with Gasteiger partial charge in [0, 0.05) is 6.54 Å². The van der Waals surface area contributed by atoms with Gasteiger partial charge in [-0.05, 0) is 37.1 Å². The van der Waals surface area contributed by atoms with Gasteiger partial charge < -0.3 is 5.32 Å². The average molecular weight is 227 g/mol. The third-order valence-electron chi connectivity index (χ3n) is 3.77. The van der Waals surface area contributed by atoms with Crippen LogP contribution in [0.2, 0.25) is 0 Å². The quantitative estimate of drug-likeness (QED) is 0.637. The number of nitrogens with one attached hydrogen (secondary N) is 1. The zero-order chi connectivity index (χ0) is 12.4. The molecule has 1 spiro atoms. The maximum Gasteiger partial charge on any atom is 0.000839 e. The van der Waals surface area contributed by atoms with Crippen LogP contribution in [0, 0.1) is 11.3 Å². The van der Waals surface area contributed by atoms with Gasteiger partial charge in [0.15, 0.2) is 0 Å². The summed E-state index contributed by atoms with van der Waals surface area (Å²) in [5.74, 6) is 0.979. The Morgan fingerprint density at radius 3 is 2.25 bits per heavy atom. The molecule has 0 bridgehead atoms. The Kier molecular flexibility index (Phi) is 9.02. The topological polar surface area (TPSA) is 12.0 Å². The summed E-state index contributed by atoms with van der Waals surface area (Å²) in [6, 6.07) is 0. The normalized spacial score (nSPS) is 33.2. The maximum atomic E-state index is 3.53. The zero-order valence-corrected chi connectivity index (χ0v) is 12.2. The molecule has 0 aromatic heterocycles. The molecule has 0 amide bonds. The van der Waals surface area contributed by atoms with E-state index in [1.54, 1.807) is 0 Å². The Hall–Kier alpha value is -0.0400. The Balaban J connectivity index is 0.000000509. The van der Waals surface area contributed by atoms with Gasteiger partial charge in [0.1, 0.15) is 0 Å². The summed E-state index contributed by atoms with van der Waals surface area (Å²) in [5.41, 5.74) is 0.718. The highest BCUT2D eigenvalue weighted by Crippen LogP contribution is 2.41. The molecule has 16 heavy (non-hydrogen) atoms. The molecule has 2 aliphatic rings. The van der Waals surface area contributed by atoms with Crippen molar-refractivity contribution < 1.29 is 0 Å². The standard InChI is InChI=1S/C11H21N.2C2H6/c1-10-4-2-3-5-11(8-10)6-7-12-9-11;2*1-2/h10,12H,2-9H2,1H3;2*1-2H3. The second-order valence-electron chi connectivity index (χ2n) is 4.98. The molecule has 0 aromatic carbocycles. The van der Waals surface area contributed by atoms with E-state index in [1.807, 2.05) is 27.7 Å². The molecule has 1 N–H and O–H groups in total. The van der Waals surface area contributed by atoms with Crippen LogP contribution in [0.15, 0.2) is 0 Å². The second kappa shape index (κ2) is 9.04. The van der Waals surface area contributed by atoms with Gasteiger partial charge in [0.2, 0.25) is 0 Å². The highest BCUT2D eigenvalue weighted by atomic mass is 14.9. The van der Waals surface area contributed by atoms with Gasteiger partial charge in [-0.15, -0.1) is 0 Å². The van der Waals surface area contributed by atoms with Crippen LogP contribution in [0.3, 0.4) is 0 Å². The van der Waals surface area contributed by atoms with E-state index in [0.29, 0.717) is 0 Å². The van der Waals surface area contributed by atoms with Crippen LogP contribution in [0.1, 0.15) is 73.1 Å². The van der Waals surface area contributed by atoms with Crippen LogP contribution in [0.25, 0.3) is 0 Å². The molecule has 1 saturated carbocycles. The highest BCUT2D eigenvalue weighted by molar-refractivity contribution is 4.90. The lowest BCUT2D eigenvalue weighted by molar-refractivity contribution is 0.245. The second-order valence-corrected chi connectivity index (χ2v) is 4.98. The van der Waals surface area contributed by atoms with Gasteiger partial charge in [-0.25, -0.2) is 0 Å². The monoisotopic (exact) mass is 227 g/mol. The van der Waals surface area contributed by atoms with E-state index in [1.165, 1.54) is 51.6 Å². The molecule has 2 unspecified atom stereocenters. The Morgan fingerprint density at radius 2 is 1.69 bits per heavy atom. The Labute approximate surface area is 103 Å². The van der Waals surface area contributed by atoms with Crippen molar-refractivity contribution in [3.8, 4) is 0 Å². The molecule has 0 radical (unpaired) electrons. The Morgan fingerprint density at radius 1 is 1.00 bits per heavy atom. The molecule has 2 atom stereocenters. The molecule has 2 fully saturated rings. The first-order chi connectivity index (χ1) is 7.81. The lowest BCUT2D eigenvalue weighted by atomic mass is 9.77. The largest absolute Gasteiger partial charge is 0.316 e. The fourth-order valence-electron chi connectivity index (χ4n) is 3.12. The van der Waals surface area contributed by atoms with Crippen LogP contribution in [-0.4, -0.2) is 13.1 Å². The van der Waals surface area contributed by atoms with Crippen molar-refractivity contribution in [2.75, 3.05) is 13.1 Å². The smallest absolute Gasteiger partial charge is 0.000839 e. The molecule has 1 nitrogen and oxygen atoms in total. The molecular weight excluding hydrogens is 194 g/mol. The fourth-order valence-corrected chi connectivity index (χ4v) is 3.12. The minimum absolute atomic E-state index is 0.718. The number of hydrogen-bond acceptors (Lipinski definition) is 1. The van der Waals surface area contributed by atoms with E-state index in [0.717, 1.165) is 11.3 Å². The van der Waals surface area contributed by atoms with Crippen molar-refractivity contribution in [3.63, 3.8) is 0 Å². The molecular formula is C15H33N. The molecule has 0 aromatic rings. The average Bonchev–Trinajstić information content (AvgIpc) is 2.70. The number of rotatable bonds is 0. The molecule has 1 saturated heterocycles. The summed E-state index contributed by atoms with van der Waals surface area (Å²) < 4.78 is 0. The van der Waals surface area contributed by atoms with Gasteiger partial charge in [0.25, 0.3) is 0 Å². The first-order valence-corrected chi connectivity index (χ1v) is 7.52. The SMILES string of the molecule is CC.CC.CC1CCCCC2(CCNC2)C1. The molecule has 1 aliphatic carbocycles. The van der Waals surface area contributed by atoms with Crippen LogP contribution < -0.4 is 5.32 Å². The third-order valence-corrected chi connectivity index (χ3v) is 3.77. The third kappa shape index (κ3) is 4.86. The van der Waals surface area contributed by atoms with Crippen molar-refractivity contribution >= 4 is 0 Å². The van der Waals surface area contributed by atoms with Gasteiger partial charge >= 0.3 is 0 Å². The van der Waals surface area contributed by atoms with E-state index in [-0.39, 0.29) is 0 Å². The lowest BCUT2D eigenvalue weighted by Crippen LogP contribution is -2.24. The van der Waals surface area contributed by atoms with Crippen molar-refractivity contribution in [2.24, 2.45) is 11.3 Å². The van der Waals surface area contributed by atoms with Crippen molar-refractivity contribution in [3.05, 3.63) is 0 Å². The minimum Gasteiger partial charge on any atom is -0.316 e. The zero-order valence-electron chi connectivity index (χ0n) is 12.2. The molecule has 1 heteroatoms. The summed E-state index contributed by atoms with van der Waals surface area (Å²) in [4.78, 5) is 0. The van der Waals surface area contributed by atoms with E-state index in [9.17, 15) is 0 Å². The van der Waals surface area contributed by atoms with E-state index in [2.05, 4.69) is 12.2 Å². The summed E-state index contributed by atoms with van der Waals surface area (Å²) in [6.45, 7) is 13.0. The predicted octanol–water partition coefficient (Wildman–Crippen LogP) is 4.62. The summed E-state index contributed by atoms with van der Waals surface area (Å²) in [5, 5.41) is 3.53. The molecule has 1 heterocycles. The summed E-state index contributed by atoms with van der Waals surface area (Å²) in [7, 11) is 0. The molecule has 2 rings (SSSR count). The van der Waals surface area contributed by atoms with Gasteiger partial charge in [0.05, 0.1) is 0 Å². The number of hydrogen-bond donors (Lipinski definition) is 1. The van der Waals surface area contributed by atoms with Crippen molar-refractivity contribution in [2.45, 2.75) is 73.1 Å². The van der Waals surface area contributed by atoms with Crippen LogP contribution in [0.5, 0.6) is 0 Å². The van der Waals surface area contributed by atoms with Crippen molar-refractivity contribution in [1.29, 1.82) is 0 Å². The lowest BCUT2D eigenvalue weighted by Gasteiger charge is -2.28. The fraction of sp³-hybridized carbons (Fsp3) is 1.00. The van der Waals surface area contributed by atoms with Crippen LogP contribution >= 0.6 is 0 Å². The first-order valence-electron chi connectivity index (χ1n) is 7.52. The Bertz CT molecular complexity index is 148. The minimum atomic E-state index is 0.718. The maximum absolute atomic E-state index is 3.53.